The monoisotopic (exact) mass is 225 g/mol. The van der Waals surface area contributed by atoms with Gasteiger partial charge in [-0.2, -0.15) is 0 Å². The van der Waals surface area contributed by atoms with Gasteiger partial charge in [0.15, 0.2) is 0 Å². The molecule has 1 fully saturated rings. The number of ether oxygens (including phenoxy) is 1. The highest BCUT2D eigenvalue weighted by molar-refractivity contribution is 5.81. The van der Waals surface area contributed by atoms with Gasteiger partial charge in [0.1, 0.15) is 0 Å². The predicted octanol–water partition coefficient (Wildman–Crippen LogP) is 2.28. The van der Waals surface area contributed by atoms with E-state index in [-0.39, 0.29) is 5.97 Å². The molecule has 0 aromatic carbocycles. The minimum Gasteiger partial charge on any atom is -0.463 e. The Labute approximate surface area is 98.2 Å². The van der Waals surface area contributed by atoms with Gasteiger partial charge in [-0.3, -0.25) is 0 Å². The van der Waals surface area contributed by atoms with Crippen molar-refractivity contribution in [2.45, 2.75) is 39.5 Å². The van der Waals surface area contributed by atoms with Gasteiger partial charge in [0.2, 0.25) is 0 Å². The van der Waals surface area contributed by atoms with Gasteiger partial charge in [-0.15, -0.1) is 0 Å². The maximum absolute atomic E-state index is 11.0. The van der Waals surface area contributed by atoms with E-state index in [1.165, 1.54) is 31.8 Å². The summed E-state index contributed by atoms with van der Waals surface area (Å²) in [6.07, 6.45) is 8.68. The Hall–Kier alpha value is -0.830. The average Bonchev–Trinajstić information content (AvgIpc) is 2.65. The molecule has 1 N–H and O–H groups in total. The summed E-state index contributed by atoms with van der Waals surface area (Å²) >= 11 is 0. The van der Waals surface area contributed by atoms with Gasteiger partial charge in [-0.05, 0) is 25.2 Å². The number of carbonyl (C=O) groups excluding carboxylic acids is 1. The third-order valence-corrected chi connectivity index (χ3v) is 3.17. The molecule has 16 heavy (non-hydrogen) atoms. The first kappa shape index (κ1) is 13.2. The third kappa shape index (κ3) is 4.79. The van der Waals surface area contributed by atoms with Crippen molar-refractivity contribution in [3.63, 3.8) is 0 Å². The summed E-state index contributed by atoms with van der Waals surface area (Å²) in [5, 5.41) is 3.37. The first-order valence-corrected chi connectivity index (χ1v) is 6.20. The highest BCUT2D eigenvalue weighted by atomic mass is 16.5. The largest absolute Gasteiger partial charge is 0.463 e. The zero-order valence-electron chi connectivity index (χ0n) is 10.4. The fraction of sp³-hybridized carbons (Fsp3) is 0.769. The van der Waals surface area contributed by atoms with Gasteiger partial charge in [0, 0.05) is 19.2 Å². The van der Waals surface area contributed by atoms with Gasteiger partial charge in [0.25, 0.3) is 0 Å². The molecule has 0 saturated heterocycles. The SMILES string of the molecule is CCOC(=O)/C=C/CNCC1(C)CCCC1. The normalized spacial score (nSPS) is 19.1. The second-order valence-electron chi connectivity index (χ2n) is 4.80. The predicted molar refractivity (Wildman–Crippen MR) is 65.2 cm³/mol. The molecule has 0 unspecified atom stereocenters. The Kier molecular flexibility index (Phi) is 5.53. The van der Waals surface area contributed by atoms with Crippen LogP contribution in [0.3, 0.4) is 0 Å². The molecule has 0 bridgehead atoms. The van der Waals surface area contributed by atoms with Crippen molar-refractivity contribution < 1.29 is 9.53 Å². The topological polar surface area (TPSA) is 38.3 Å². The van der Waals surface area contributed by atoms with Crippen molar-refractivity contribution in [2.75, 3.05) is 19.7 Å². The van der Waals surface area contributed by atoms with E-state index < -0.39 is 0 Å². The van der Waals surface area contributed by atoms with Gasteiger partial charge in [-0.25, -0.2) is 4.79 Å². The van der Waals surface area contributed by atoms with Crippen LogP contribution in [-0.2, 0) is 9.53 Å². The number of hydrogen-bond donors (Lipinski definition) is 1. The summed E-state index contributed by atoms with van der Waals surface area (Å²) in [5.74, 6) is -0.253. The number of carbonyl (C=O) groups is 1. The zero-order valence-corrected chi connectivity index (χ0v) is 10.4. The quantitative estimate of drug-likeness (QED) is 0.428. The maximum Gasteiger partial charge on any atom is 0.330 e. The highest BCUT2D eigenvalue weighted by Crippen LogP contribution is 2.36. The van der Waals surface area contributed by atoms with Crippen LogP contribution in [0.1, 0.15) is 39.5 Å². The lowest BCUT2D eigenvalue weighted by Gasteiger charge is -2.23. The molecule has 3 nitrogen and oxygen atoms in total. The van der Waals surface area contributed by atoms with Crippen LogP contribution in [0.4, 0.5) is 0 Å². The van der Waals surface area contributed by atoms with Crippen LogP contribution in [0.2, 0.25) is 0 Å². The maximum atomic E-state index is 11.0. The molecule has 0 radical (unpaired) electrons. The third-order valence-electron chi connectivity index (χ3n) is 3.17. The van der Waals surface area contributed by atoms with Gasteiger partial charge in [-0.1, -0.05) is 25.8 Å². The molecular formula is C13H23NO2. The number of hydrogen-bond acceptors (Lipinski definition) is 3. The van der Waals surface area contributed by atoms with E-state index in [0.29, 0.717) is 12.0 Å². The average molecular weight is 225 g/mol. The summed E-state index contributed by atoms with van der Waals surface area (Å²) in [6.45, 7) is 6.37. The molecule has 0 amide bonds. The van der Waals surface area contributed by atoms with E-state index in [2.05, 4.69) is 12.2 Å². The molecule has 1 aliphatic carbocycles. The Bertz CT molecular complexity index is 242. The van der Waals surface area contributed by atoms with Crippen LogP contribution < -0.4 is 5.32 Å². The summed E-state index contributed by atoms with van der Waals surface area (Å²) in [4.78, 5) is 11.0. The zero-order chi connectivity index (χ0) is 11.9. The smallest absolute Gasteiger partial charge is 0.330 e. The van der Waals surface area contributed by atoms with Crippen molar-refractivity contribution in [1.29, 1.82) is 0 Å². The Morgan fingerprint density at radius 2 is 2.12 bits per heavy atom. The van der Waals surface area contributed by atoms with Crippen LogP contribution in [0.5, 0.6) is 0 Å². The molecule has 1 rings (SSSR count). The molecule has 0 atom stereocenters. The van der Waals surface area contributed by atoms with E-state index >= 15 is 0 Å². The van der Waals surface area contributed by atoms with E-state index in [1.807, 2.05) is 13.0 Å². The first-order chi connectivity index (χ1) is 7.66. The highest BCUT2D eigenvalue weighted by Gasteiger charge is 2.27. The molecule has 3 heteroatoms. The van der Waals surface area contributed by atoms with Crippen LogP contribution in [0, 0.1) is 5.41 Å². The summed E-state index contributed by atoms with van der Waals surface area (Å²) in [6, 6.07) is 0. The summed E-state index contributed by atoms with van der Waals surface area (Å²) < 4.78 is 4.79. The molecule has 1 saturated carbocycles. The van der Waals surface area contributed by atoms with Gasteiger partial charge >= 0.3 is 5.97 Å². The molecule has 0 spiro atoms. The van der Waals surface area contributed by atoms with E-state index in [1.54, 1.807) is 0 Å². The molecular weight excluding hydrogens is 202 g/mol. The van der Waals surface area contributed by atoms with E-state index in [9.17, 15) is 4.79 Å². The minimum atomic E-state index is -0.253. The molecule has 92 valence electrons. The molecule has 0 heterocycles. The lowest BCUT2D eigenvalue weighted by molar-refractivity contribution is -0.137. The Morgan fingerprint density at radius 3 is 2.75 bits per heavy atom. The number of esters is 1. The van der Waals surface area contributed by atoms with Crippen LogP contribution in [-0.4, -0.2) is 25.7 Å². The fourth-order valence-electron chi connectivity index (χ4n) is 2.21. The number of rotatable bonds is 6. The van der Waals surface area contributed by atoms with Crippen molar-refractivity contribution in [3.8, 4) is 0 Å². The number of nitrogens with one attached hydrogen (secondary N) is 1. The molecule has 0 aliphatic heterocycles. The van der Waals surface area contributed by atoms with Gasteiger partial charge in [0.05, 0.1) is 6.61 Å². The van der Waals surface area contributed by atoms with E-state index in [4.69, 9.17) is 4.74 Å². The molecule has 0 aromatic rings. The van der Waals surface area contributed by atoms with Crippen molar-refractivity contribution in [1.82, 2.24) is 5.32 Å². The van der Waals surface area contributed by atoms with Crippen LogP contribution in [0.15, 0.2) is 12.2 Å². The van der Waals surface area contributed by atoms with Crippen LogP contribution >= 0.6 is 0 Å². The minimum absolute atomic E-state index is 0.253. The lowest BCUT2D eigenvalue weighted by atomic mass is 9.89. The first-order valence-electron chi connectivity index (χ1n) is 6.20. The molecule has 0 aromatic heterocycles. The van der Waals surface area contributed by atoms with E-state index in [0.717, 1.165) is 13.1 Å². The van der Waals surface area contributed by atoms with Crippen molar-refractivity contribution in [3.05, 3.63) is 12.2 Å². The summed E-state index contributed by atoms with van der Waals surface area (Å²) in [7, 11) is 0. The van der Waals surface area contributed by atoms with Gasteiger partial charge < -0.3 is 10.1 Å². The Balaban J connectivity index is 2.09. The molecule has 1 aliphatic rings. The Morgan fingerprint density at radius 1 is 1.44 bits per heavy atom. The van der Waals surface area contributed by atoms with Crippen LogP contribution in [0.25, 0.3) is 0 Å². The standard InChI is InChI=1S/C13H23NO2/c1-3-16-12(15)7-6-10-14-11-13(2)8-4-5-9-13/h6-7,14H,3-5,8-11H2,1-2H3/b7-6+. The lowest BCUT2D eigenvalue weighted by Crippen LogP contribution is -2.29. The fourth-order valence-corrected chi connectivity index (χ4v) is 2.21. The van der Waals surface area contributed by atoms with Crippen molar-refractivity contribution >= 4 is 5.97 Å². The second kappa shape index (κ2) is 6.69. The second-order valence-corrected chi connectivity index (χ2v) is 4.80. The van der Waals surface area contributed by atoms with Crippen molar-refractivity contribution in [2.24, 2.45) is 5.41 Å². The summed E-state index contributed by atoms with van der Waals surface area (Å²) in [5.41, 5.74) is 0.470.